The van der Waals surface area contributed by atoms with Crippen molar-refractivity contribution in [2.45, 2.75) is 24.3 Å². The second-order valence-corrected chi connectivity index (χ2v) is 5.60. The number of thioether (sulfide) groups is 1. The maximum atomic E-state index is 12.3. The zero-order chi connectivity index (χ0) is 13.0. The number of amides is 1. The van der Waals surface area contributed by atoms with E-state index in [2.05, 4.69) is 17.6 Å². The Hall–Kier alpha value is -1.00. The molecule has 1 aliphatic heterocycles. The van der Waals surface area contributed by atoms with Crippen molar-refractivity contribution in [2.24, 2.45) is 5.92 Å². The predicted octanol–water partition coefficient (Wildman–Crippen LogP) is 2.14. The van der Waals surface area contributed by atoms with Crippen LogP contribution < -0.4 is 10.6 Å². The van der Waals surface area contributed by atoms with E-state index >= 15 is 0 Å². The summed E-state index contributed by atoms with van der Waals surface area (Å²) in [6.45, 7) is 4.15. The van der Waals surface area contributed by atoms with Crippen molar-refractivity contribution in [1.82, 2.24) is 10.6 Å². The van der Waals surface area contributed by atoms with Crippen LogP contribution in [0.25, 0.3) is 0 Å². The molecule has 0 bridgehead atoms. The van der Waals surface area contributed by atoms with Gasteiger partial charge in [0.25, 0.3) is 5.91 Å². The molecule has 0 spiro atoms. The van der Waals surface area contributed by atoms with Crippen molar-refractivity contribution in [2.75, 3.05) is 19.3 Å². The van der Waals surface area contributed by atoms with E-state index in [0.29, 0.717) is 5.92 Å². The Bertz CT molecular complexity index is 422. The number of carbonyl (C=O) groups is 1. The van der Waals surface area contributed by atoms with Crippen LogP contribution in [0, 0.1) is 5.92 Å². The standard InChI is InChI=1S/C14H20N2OS/c1-10-9-15-8-7-12(10)16-14(17)11-5-3-4-6-13(11)18-2/h3-6,10,12,15H,7-9H2,1-2H3,(H,16,17). The summed E-state index contributed by atoms with van der Waals surface area (Å²) in [6.07, 6.45) is 3.01. The molecule has 1 heterocycles. The molecule has 1 saturated heterocycles. The molecule has 1 aromatic rings. The second-order valence-electron chi connectivity index (χ2n) is 4.75. The molecule has 1 fully saturated rings. The molecule has 0 aliphatic carbocycles. The van der Waals surface area contributed by atoms with Crippen molar-refractivity contribution in [3.8, 4) is 0 Å². The molecule has 1 aromatic carbocycles. The normalized spacial score (nSPS) is 23.7. The number of piperidine rings is 1. The van der Waals surface area contributed by atoms with E-state index in [1.165, 1.54) is 0 Å². The van der Waals surface area contributed by atoms with E-state index in [9.17, 15) is 4.79 Å². The molecule has 2 atom stereocenters. The van der Waals surface area contributed by atoms with Gasteiger partial charge in [0.2, 0.25) is 0 Å². The number of carbonyl (C=O) groups excluding carboxylic acids is 1. The lowest BCUT2D eigenvalue weighted by Gasteiger charge is -2.30. The highest BCUT2D eigenvalue weighted by atomic mass is 32.2. The van der Waals surface area contributed by atoms with Crippen molar-refractivity contribution < 1.29 is 4.79 Å². The van der Waals surface area contributed by atoms with E-state index < -0.39 is 0 Å². The van der Waals surface area contributed by atoms with Gasteiger partial charge in [-0.2, -0.15) is 0 Å². The number of hydrogen-bond acceptors (Lipinski definition) is 3. The average molecular weight is 264 g/mol. The maximum absolute atomic E-state index is 12.3. The summed E-state index contributed by atoms with van der Waals surface area (Å²) in [5.74, 6) is 0.544. The van der Waals surface area contributed by atoms with Crippen LogP contribution in [-0.2, 0) is 0 Å². The molecule has 0 saturated carbocycles. The van der Waals surface area contributed by atoms with Crippen LogP contribution in [0.15, 0.2) is 29.2 Å². The van der Waals surface area contributed by atoms with Crippen molar-refractivity contribution in [3.63, 3.8) is 0 Å². The topological polar surface area (TPSA) is 41.1 Å². The lowest BCUT2D eigenvalue weighted by Crippen LogP contribution is -2.48. The van der Waals surface area contributed by atoms with Crippen LogP contribution >= 0.6 is 11.8 Å². The molecule has 1 amide bonds. The Morgan fingerprint density at radius 2 is 2.22 bits per heavy atom. The maximum Gasteiger partial charge on any atom is 0.252 e. The van der Waals surface area contributed by atoms with Gasteiger partial charge >= 0.3 is 0 Å². The minimum Gasteiger partial charge on any atom is -0.349 e. The third-order valence-corrected chi connectivity index (χ3v) is 4.25. The van der Waals surface area contributed by atoms with Crippen molar-refractivity contribution in [3.05, 3.63) is 29.8 Å². The minimum absolute atomic E-state index is 0.0544. The van der Waals surface area contributed by atoms with Gasteiger partial charge in [-0.25, -0.2) is 0 Å². The summed E-state index contributed by atoms with van der Waals surface area (Å²) in [5.41, 5.74) is 0.788. The zero-order valence-corrected chi connectivity index (χ0v) is 11.7. The summed E-state index contributed by atoms with van der Waals surface area (Å²) in [4.78, 5) is 13.3. The lowest BCUT2D eigenvalue weighted by atomic mass is 9.95. The SMILES string of the molecule is CSc1ccccc1C(=O)NC1CCNCC1C. The van der Waals surface area contributed by atoms with Crippen LogP contribution in [0.4, 0.5) is 0 Å². The molecule has 1 aliphatic rings. The smallest absolute Gasteiger partial charge is 0.252 e. The van der Waals surface area contributed by atoms with E-state index in [0.717, 1.165) is 30.0 Å². The van der Waals surface area contributed by atoms with Crippen molar-refractivity contribution in [1.29, 1.82) is 0 Å². The van der Waals surface area contributed by atoms with E-state index in [1.54, 1.807) is 11.8 Å². The highest BCUT2D eigenvalue weighted by Crippen LogP contribution is 2.20. The minimum atomic E-state index is 0.0544. The first kappa shape index (κ1) is 13.4. The quantitative estimate of drug-likeness (QED) is 0.822. The number of nitrogens with one attached hydrogen (secondary N) is 2. The van der Waals surface area contributed by atoms with Crippen LogP contribution in [0.5, 0.6) is 0 Å². The molecule has 4 heteroatoms. The van der Waals surface area contributed by atoms with Gasteiger partial charge in [-0.15, -0.1) is 11.8 Å². The molecule has 3 nitrogen and oxygen atoms in total. The van der Waals surface area contributed by atoms with Crippen LogP contribution in [0.1, 0.15) is 23.7 Å². The van der Waals surface area contributed by atoms with Crippen LogP contribution in [0.3, 0.4) is 0 Å². The van der Waals surface area contributed by atoms with Gasteiger partial charge in [-0.3, -0.25) is 4.79 Å². The molecular formula is C14H20N2OS. The first-order chi connectivity index (χ1) is 8.72. The third kappa shape index (κ3) is 3.06. The molecule has 2 N–H and O–H groups in total. The van der Waals surface area contributed by atoms with E-state index in [-0.39, 0.29) is 11.9 Å². The van der Waals surface area contributed by atoms with Gasteiger partial charge in [-0.05, 0) is 43.8 Å². The molecule has 2 unspecified atom stereocenters. The first-order valence-electron chi connectivity index (χ1n) is 6.37. The second kappa shape index (κ2) is 6.25. The van der Waals surface area contributed by atoms with Crippen molar-refractivity contribution >= 4 is 17.7 Å². The molecular weight excluding hydrogens is 244 g/mol. The lowest BCUT2D eigenvalue weighted by molar-refractivity contribution is 0.0911. The summed E-state index contributed by atoms with van der Waals surface area (Å²) in [5, 5.41) is 6.51. The van der Waals surface area contributed by atoms with Gasteiger partial charge in [0.1, 0.15) is 0 Å². The summed E-state index contributed by atoms with van der Waals surface area (Å²) in [7, 11) is 0. The fraction of sp³-hybridized carbons (Fsp3) is 0.500. The number of benzene rings is 1. The Morgan fingerprint density at radius 3 is 2.94 bits per heavy atom. The Labute approximate surface area is 113 Å². The monoisotopic (exact) mass is 264 g/mol. The highest BCUT2D eigenvalue weighted by molar-refractivity contribution is 7.98. The zero-order valence-electron chi connectivity index (χ0n) is 10.9. The molecule has 0 radical (unpaired) electrons. The number of rotatable bonds is 3. The predicted molar refractivity (Wildman–Crippen MR) is 76.1 cm³/mol. The first-order valence-corrected chi connectivity index (χ1v) is 7.59. The highest BCUT2D eigenvalue weighted by Gasteiger charge is 2.23. The van der Waals surface area contributed by atoms with Crippen LogP contribution in [0.2, 0.25) is 0 Å². The molecule has 2 rings (SSSR count). The Balaban J connectivity index is 2.07. The van der Waals surface area contributed by atoms with Gasteiger partial charge in [-0.1, -0.05) is 19.1 Å². The molecule has 0 aromatic heterocycles. The summed E-state index contributed by atoms with van der Waals surface area (Å²) >= 11 is 1.61. The van der Waals surface area contributed by atoms with Gasteiger partial charge < -0.3 is 10.6 Å². The Morgan fingerprint density at radius 1 is 1.44 bits per heavy atom. The largest absolute Gasteiger partial charge is 0.349 e. The third-order valence-electron chi connectivity index (χ3n) is 3.45. The average Bonchev–Trinajstić information content (AvgIpc) is 2.41. The van der Waals surface area contributed by atoms with Gasteiger partial charge in [0, 0.05) is 10.9 Å². The number of hydrogen-bond donors (Lipinski definition) is 2. The van der Waals surface area contributed by atoms with E-state index in [4.69, 9.17) is 0 Å². The summed E-state index contributed by atoms with van der Waals surface area (Å²) in [6, 6.07) is 8.06. The van der Waals surface area contributed by atoms with Crippen LogP contribution in [-0.4, -0.2) is 31.3 Å². The van der Waals surface area contributed by atoms with E-state index in [1.807, 2.05) is 30.5 Å². The fourth-order valence-electron chi connectivity index (χ4n) is 2.31. The fourth-order valence-corrected chi connectivity index (χ4v) is 2.90. The summed E-state index contributed by atoms with van der Waals surface area (Å²) < 4.78 is 0. The van der Waals surface area contributed by atoms with Gasteiger partial charge in [0.05, 0.1) is 5.56 Å². The molecule has 18 heavy (non-hydrogen) atoms. The van der Waals surface area contributed by atoms with Gasteiger partial charge in [0.15, 0.2) is 0 Å². The Kier molecular flexibility index (Phi) is 4.66. The molecule has 98 valence electrons.